The van der Waals surface area contributed by atoms with Gasteiger partial charge in [0.25, 0.3) is 0 Å². The van der Waals surface area contributed by atoms with Gasteiger partial charge in [-0.1, -0.05) is 38.1 Å². The molecule has 114 valence electrons. The van der Waals surface area contributed by atoms with Crippen LogP contribution < -0.4 is 10.1 Å². The average Bonchev–Trinajstić information content (AvgIpc) is 2.94. The Balaban J connectivity index is 1.94. The minimum Gasteiger partial charge on any atom is -0.486 e. The Morgan fingerprint density at radius 2 is 1.95 bits per heavy atom. The molecular formula is C17H24N2O2. The first-order valence-corrected chi connectivity index (χ1v) is 7.37. The van der Waals surface area contributed by atoms with E-state index in [-0.39, 0.29) is 5.41 Å². The lowest BCUT2D eigenvalue weighted by Crippen LogP contribution is -2.15. The molecule has 0 aliphatic rings. The van der Waals surface area contributed by atoms with Gasteiger partial charge < -0.3 is 14.6 Å². The van der Waals surface area contributed by atoms with Gasteiger partial charge in [-0.15, -0.1) is 0 Å². The molecule has 0 saturated carbocycles. The first kappa shape index (κ1) is 15.6. The molecule has 21 heavy (non-hydrogen) atoms. The van der Waals surface area contributed by atoms with Gasteiger partial charge in [0.05, 0.1) is 5.69 Å². The fraction of sp³-hybridized carbons (Fsp3) is 0.471. The Bertz CT molecular complexity index is 558. The van der Waals surface area contributed by atoms with E-state index >= 15 is 0 Å². The molecule has 1 heterocycles. The van der Waals surface area contributed by atoms with Crippen LogP contribution >= 0.6 is 0 Å². The molecule has 2 aromatic rings. The minimum absolute atomic E-state index is 0.200. The molecular weight excluding hydrogens is 264 g/mol. The summed E-state index contributed by atoms with van der Waals surface area (Å²) in [6.45, 7) is 7.80. The second-order valence-corrected chi connectivity index (χ2v) is 5.87. The molecule has 0 saturated heterocycles. The summed E-state index contributed by atoms with van der Waals surface area (Å²) in [6, 6.07) is 10.2. The fourth-order valence-corrected chi connectivity index (χ4v) is 2.05. The molecule has 0 fully saturated rings. The average molecular weight is 288 g/mol. The molecule has 1 aromatic heterocycles. The van der Waals surface area contributed by atoms with E-state index in [2.05, 4.69) is 43.4 Å². The fourth-order valence-electron chi connectivity index (χ4n) is 2.05. The molecule has 1 N–H and O–H groups in total. The van der Waals surface area contributed by atoms with Gasteiger partial charge in [0.2, 0.25) is 0 Å². The summed E-state index contributed by atoms with van der Waals surface area (Å²) in [5, 5.41) is 6.99. The Morgan fingerprint density at radius 3 is 2.57 bits per heavy atom. The molecule has 0 atom stereocenters. The van der Waals surface area contributed by atoms with Gasteiger partial charge in [-0.25, -0.2) is 0 Å². The molecule has 2 rings (SSSR count). The summed E-state index contributed by atoms with van der Waals surface area (Å²) in [4.78, 5) is 0. The lowest BCUT2D eigenvalue weighted by Gasteiger charge is -2.23. The van der Waals surface area contributed by atoms with Gasteiger partial charge in [0, 0.05) is 12.6 Å². The molecule has 0 unspecified atom stereocenters. The minimum atomic E-state index is 0.200. The van der Waals surface area contributed by atoms with Crippen molar-refractivity contribution in [3.8, 4) is 5.75 Å². The van der Waals surface area contributed by atoms with Crippen LogP contribution in [-0.2, 0) is 18.6 Å². The topological polar surface area (TPSA) is 47.3 Å². The predicted octanol–water partition coefficient (Wildman–Crippen LogP) is 3.66. The van der Waals surface area contributed by atoms with E-state index < -0.39 is 0 Å². The van der Waals surface area contributed by atoms with Crippen LogP contribution in [0.5, 0.6) is 5.75 Å². The Hall–Kier alpha value is -1.81. The maximum absolute atomic E-state index is 5.73. The van der Waals surface area contributed by atoms with E-state index in [1.807, 2.05) is 25.2 Å². The van der Waals surface area contributed by atoms with Gasteiger partial charge >= 0.3 is 0 Å². The third-order valence-electron chi connectivity index (χ3n) is 3.87. The second kappa shape index (κ2) is 6.76. The van der Waals surface area contributed by atoms with Crippen LogP contribution in [-0.4, -0.2) is 12.2 Å². The van der Waals surface area contributed by atoms with Crippen molar-refractivity contribution in [1.82, 2.24) is 10.5 Å². The molecule has 4 heteroatoms. The summed E-state index contributed by atoms with van der Waals surface area (Å²) in [5.74, 6) is 1.58. The van der Waals surface area contributed by atoms with Crippen molar-refractivity contribution in [3.63, 3.8) is 0 Å². The van der Waals surface area contributed by atoms with E-state index in [0.717, 1.165) is 23.6 Å². The summed E-state index contributed by atoms with van der Waals surface area (Å²) in [7, 11) is 1.88. The van der Waals surface area contributed by atoms with Crippen molar-refractivity contribution in [2.75, 3.05) is 7.05 Å². The molecule has 0 spiro atoms. The zero-order valence-corrected chi connectivity index (χ0v) is 13.3. The first-order chi connectivity index (χ1) is 10.0. The van der Waals surface area contributed by atoms with Crippen LogP contribution in [0.2, 0.25) is 0 Å². The zero-order chi connectivity index (χ0) is 15.3. The van der Waals surface area contributed by atoms with Crippen LogP contribution in [0, 0.1) is 0 Å². The molecule has 0 amide bonds. The second-order valence-electron chi connectivity index (χ2n) is 5.87. The number of hydrogen-bond acceptors (Lipinski definition) is 4. The lowest BCUT2D eigenvalue weighted by atomic mass is 9.82. The van der Waals surface area contributed by atoms with Crippen LogP contribution in [0.4, 0.5) is 0 Å². The number of ether oxygens (including phenoxy) is 1. The third-order valence-corrected chi connectivity index (χ3v) is 3.87. The van der Waals surface area contributed by atoms with Crippen molar-refractivity contribution in [1.29, 1.82) is 0 Å². The SMILES string of the molecule is CCC(C)(C)c1ccc(OCc2cc(CNC)no2)cc1. The number of benzene rings is 1. The normalized spacial score (nSPS) is 11.6. The third kappa shape index (κ3) is 4.08. The van der Waals surface area contributed by atoms with Gasteiger partial charge in [0.15, 0.2) is 5.76 Å². The quantitative estimate of drug-likeness (QED) is 0.844. The molecule has 4 nitrogen and oxygen atoms in total. The van der Waals surface area contributed by atoms with E-state index in [1.165, 1.54) is 5.56 Å². The monoisotopic (exact) mass is 288 g/mol. The number of hydrogen-bond donors (Lipinski definition) is 1. The van der Waals surface area contributed by atoms with Crippen LogP contribution in [0.3, 0.4) is 0 Å². The van der Waals surface area contributed by atoms with Gasteiger partial charge in [0.1, 0.15) is 12.4 Å². The molecule has 0 aliphatic carbocycles. The number of rotatable bonds is 7. The predicted molar refractivity (Wildman–Crippen MR) is 83.4 cm³/mol. The molecule has 0 aliphatic heterocycles. The zero-order valence-electron chi connectivity index (χ0n) is 13.3. The number of aromatic nitrogens is 1. The maximum atomic E-state index is 5.73. The van der Waals surface area contributed by atoms with Crippen molar-refractivity contribution in [2.45, 2.75) is 45.8 Å². The van der Waals surface area contributed by atoms with Crippen molar-refractivity contribution in [3.05, 3.63) is 47.3 Å². The van der Waals surface area contributed by atoms with Crippen LogP contribution in [0.15, 0.2) is 34.9 Å². The van der Waals surface area contributed by atoms with Crippen LogP contribution in [0.25, 0.3) is 0 Å². The van der Waals surface area contributed by atoms with E-state index in [0.29, 0.717) is 13.2 Å². The Labute approximate surface area is 126 Å². The highest BCUT2D eigenvalue weighted by Crippen LogP contribution is 2.28. The highest BCUT2D eigenvalue weighted by atomic mass is 16.5. The Morgan fingerprint density at radius 1 is 1.24 bits per heavy atom. The van der Waals surface area contributed by atoms with Crippen molar-refractivity contribution >= 4 is 0 Å². The van der Waals surface area contributed by atoms with Crippen molar-refractivity contribution in [2.24, 2.45) is 0 Å². The largest absolute Gasteiger partial charge is 0.486 e. The van der Waals surface area contributed by atoms with Crippen molar-refractivity contribution < 1.29 is 9.26 Å². The smallest absolute Gasteiger partial charge is 0.174 e. The summed E-state index contributed by atoms with van der Waals surface area (Å²) < 4.78 is 10.9. The first-order valence-electron chi connectivity index (χ1n) is 7.37. The highest BCUT2D eigenvalue weighted by Gasteiger charge is 2.17. The molecule has 0 bridgehead atoms. The lowest BCUT2D eigenvalue weighted by molar-refractivity contribution is 0.248. The maximum Gasteiger partial charge on any atom is 0.174 e. The summed E-state index contributed by atoms with van der Waals surface area (Å²) in [5.41, 5.74) is 2.41. The number of nitrogens with one attached hydrogen (secondary N) is 1. The van der Waals surface area contributed by atoms with E-state index in [1.54, 1.807) is 0 Å². The van der Waals surface area contributed by atoms with Crippen LogP contribution in [0.1, 0.15) is 44.2 Å². The van der Waals surface area contributed by atoms with Gasteiger partial charge in [-0.05, 0) is 36.6 Å². The standard InChI is InChI=1S/C17H24N2O2/c1-5-17(2,3)13-6-8-15(9-7-13)20-12-16-10-14(11-18-4)19-21-16/h6-10,18H,5,11-12H2,1-4H3. The molecule has 1 aromatic carbocycles. The van der Waals surface area contributed by atoms with E-state index in [4.69, 9.17) is 9.26 Å². The summed E-state index contributed by atoms with van der Waals surface area (Å²) >= 11 is 0. The molecule has 0 radical (unpaired) electrons. The highest BCUT2D eigenvalue weighted by molar-refractivity contribution is 5.31. The van der Waals surface area contributed by atoms with E-state index in [9.17, 15) is 0 Å². The number of nitrogens with zero attached hydrogens (tertiary/aromatic N) is 1. The Kier molecular flexibility index (Phi) is 5.02. The van der Waals surface area contributed by atoms with Gasteiger partial charge in [-0.3, -0.25) is 0 Å². The summed E-state index contributed by atoms with van der Waals surface area (Å²) in [6.07, 6.45) is 1.11. The van der Waals surface area contributed by atoms with Gasteiger partial charge in [-0.2, -0.15) is 0 Å².